The summed E-state index contributed by atoms with van der Waals surface area (Å²) < 4.78 is 14.8. The molecule has 1 aliphatic rings. The van der Waals surface area contributed by atoms with E-state index in [0.717, 1.165) is 11.1 Å². The molecule has 0 bridgehead atoms. The summed E-state index contributed by atoms with van der Waals surface area (Å²) in [5.74, 6) is -1.29. The minimum atomic E-state index is -0.773. The molecular weight excluding hydrogens is 357 g/mol. The Hall–Kier alpha value is -2.73. The lowest BCUT2D eigenvalue weighted by Crippen LogP contribution is -2.47. The maximum absolute atomic E-state index is 14.8. The van der Waals surface area contributed by atoms with Crippen LogP contribution >= 0.6 is 0 Å². The first-order valence-electron chi connectivity index (χ1n) is 9.56. The van der Waals surface area contributed by atoms with Crippen molar-refractivity contribution in [2.24, 2.45) is 5.92 Å². The third-order valence-corrected chi connectivity index (χ3v) is 4.98. The lowest BCUT2D eigenvalue weighted by Gasteiger charge is -2.23. The van der Waals surface area contributed by atoms with Gasteiger partial charge in [-0.1, -0.05) is 37.6 Å². The second-order valence-corrected chi connectivity index (χ2v) is 7.55. The number of hydrogen-bond acceptors (Lipinski definition) is 3. The van der Waals surface area contributed by atoms with E-state index < -0.39 is 11.9 Å². The summed E-state index contributed by atoms with van der Waals surface area (Å²) in [5.41, 5.74) is 3.16. The molecule has 1 atom stereocenters. The highest BCUT2D eigenvalue weighted by molar-refractivity contribution is 6.01. The molecule has 148 valence electrons. The van der Waals surface area contributed by atoms with Crippen LogP contribution in [0.15, 0.2) is 36.4 Å². The van der Waals surface area contributed by atoms with Crippen LogP contribution in [0.3, 0.4) is 0 Å². The van der Waals surface area contributed by atoms with E-state index in [9.17, 15) is 14.0 Å². The number of amides is 2. The Morgan fingerprint density at radius 2 is 1.96 bits per heavy atom. The molecule has 1 unspecified atom stereocenters. The van der Waals surface area contributed by atoms with Crippen molar-refractivity contribution in [3.05, 3.63) is 64.5 Å². The van der Waals surface area contributed by atoms with Gasteiger partial charge < -0.3 is 16.0 Å². The molecule has 0 aliphatic carbocycles. The zero-order valence-corrected chi connectivity index (χ0v) is 16.4. The molecule has 1 aliphatic heterocycles. The number of carbonyl (C=O) groups is 2. The molecule has 2 aromatic rings. The molecule has 1 heterocycles. The van der Waals surface area contributed by atoms with Crippen LogP contribution in [0.5, 0.6) is 0 Å². The summed E-state index contributed by atoms with van der Waals surface area (Å²) in [6.07, 6.45) is 0.586. The fourth-order valence-electron chi connectivity index (χ4n) is 3.39. The summed E-state index contributed by atoms with van der Waals surface area (Å²) in [6.45, 7) is 6.92. The molecule has 0 fully saturated rings. The van der Waals surface area contributed by atoms with Crippen LogP contribution < -0.4 is 16.0 Å². The monoisotopic (exact) mass is 383 g/mol. The van der Waals surface area contributed by atoms with Gasteiger partial charge in [0.15, 0.2) is 0 Å². The molecular formula is C22H26FN3O2. The Morgan fingerprint density at radius 3 is 2.68 bits per heavy atom. The second-order valence-electron chi connectivity index (χ2n) is 7.55. The minimum absolute atomic E-state index is 0.154. The van der Waals surface area contributed by atoms with Gasteiger partial charge in [0.1, 0.15) is 11.9 Å². The number of anilines is 1. The standard InChI is InChI=1S/C22H26FN3O2/c1-13(2)20(26-21(27)15-6-4-5-14(3)11-15)22(28)25-18-8-7-16-12-24-10-9-17(16)19(18)23/h4-8,11,13,20,24H,9-10,12H2,1-3H3,(H,25,28)(H,26,27). The SMILES string of the molecule is Cc1cccc(C(=O)NC(C(=O)Nc2ccc3c(c2F)CCNC3)C(C)C)c1. The van der Waals surface area contributed by atoms with Crippen molar-refractivity contribution in [2.75, 3.05) is 11.9 Å². The first kappa shape index (κ1) is 20.0. The molecule has 0 saturated heterocycles. The van der Waals surface area contributed by atoms with E-state index >= 15 is 0 Å². The summed E-state index contributed by atoms with van der Waals surface area (Å²) in [4.78, 5) is 25.4. The second kappa shape index (κ2) is 8.52. The number of halogens is 1. The van der Waals surface area contributed by atoms with Gasteiger partial charge in [-0.3, -0.25) is 9.59 Å². The number of nitrogens with one attached hydrogen (secondary N) is 3. The molecule has 2 aromatic carbocycles. The minimum Gasteiger partial charge on any atom is -0.340 e. The first-order valence-corrected chi connectivity index (χ1v) is 9.56. The van der Waals surface area contributed by atoms with E-state index in [-0.39, 0.29) is 23.3 Å². The zero-order valence-electron chi connectivity index (χ0n) is 16.4. The number of hydrogen-bond donors (Lipinski definition) is 3. The zero-order chi connectivity index (χ0) is 20.3. The molecule has 3 rings (SSSR count). The molecule has 0 aromatic heterocycles. The predicted molar refractivity (Wildman–Crippen MR) is 108 cm³/mol. The van der Waals surface area contributed by atoms with Crippen molar-refractivity contribution in [3.63, 3.8) is 0 Å². The molecule has 2 amide bonds. The Bertz CT molecular complexity index is 895. The van der Waals surface area contributed by atoms with Crippen molar-refractivity contribution < 1.29 is 14.0 Å². The van der Waals surface area contributed by atoms with Crippen LogP contribution in [0.1, 0.15) is 40.9 Å². The van der Waals surface area contributed by atoms with Gasteiger partial charge >= 0.3 is 0 Å². The maximum Gasteiger partial charge on any atom is 0.251 e. The first-order chi connectivity index (χ1) is 13.4. The molecule has 3 N–H and O–H groups in total. The van der Waals surface area contributed by atoms with Gasteiger partial charge in [-0.05, 0) is 55.1 Å². The van der Waals surface area contributed by atoms with Gasteiger partial charge in [-0.25, -0.2) is 4.39 Å². The van der Waals surface area contributed by atoms with Gasteiger partial charge in [-0.15, -0.1) is 0 Å². The van der Waals surface area contributed by atoms with Crippen LogP contribution in [0, 0.1) is 18.7 Å². The average Bonchev–Trinajstić information content (AvgIpc) is 2.68. The van der Waals surface area contributed by atoms with E-state index in [1.807, 2.05) is 32.9 Å². The highest BCUT2D eigenvalue weighted by atomic mass is 19.1. The summed E-state index contributed by atoms with van der Waals surface area (Å²) in [7, 11) is 0. The Kier molecular flexibility index (Phi) is 6.09. The summed E-state index contributed by atoms with van der Waals surface area (Å²) in [6, 6.07) is 9.81. The van der Waals surface area contributed by atoms with Gasteiger partial charge in [0.25, 0.3) is 5.91 Å². The lowest BCUT2D eigenvalue weighted by molar-refractivity contribution is -0.118. The van der Waals surface area contributed by atoms with E-state index in [1.165, 1.54) is 0 Å². The van der Waals surface area contributed by atoms with Gasteiger partial charge in [0, 0.05) is 12.1 Å². The van der Waals surface area contributed by atoms with Crippen LogP contribution in [-0.2, 0) is 17.8 Å². The van der Waals surface area contributed by atoms with Crippen molar-refractivity contribution >= 4 is 17.5 Å². The molecule has 5 nitrogen and oxygen atoms in total. The Morgan fingerprint density at radius 1 is 1.18 bits per heavy atom. The number of carbonyl (C=O) groups excluding carboxylic acids is 2. The molecule has 28 heavy (non-hydrogen) atoms. The number of benzene rings is 2. The topological polar surface area (TPSA) is 70.2 Å². The fourth-order valence-corrected chi connectivity index (χ4v) is 3.39. The van der Waals surface area contributed by atoms with Crippen LogP contribution in [0.2, 0.25) is 0 Å². The largest absolute Gasteiger partial charge is 0.340 e. The van der Waals surface area contributed by atoms with E-state index in [1.54, 1.807) is 24.3 Å². The van der Waals surface area contributed by atoms with Crippen molar-refractivity contribution in [1.29, 1.82) is 0 Å². The van der Waals surface area contributed by atoms with Crippen molar-refractivity contribution in [2.45, 2.75) is 39.8 Å². The van der Waals surface area contributed by atoms with E-state index in [2.05, 4.69) is 16.0 Å². The van der Waals surface area contributed by atoms with Gasteiger partial charge in [0.2, 0.25) is 5.91 Å². The number of fused-ring (bicyclic) bond motifs is 1. The molecule has 0 radical (unpaired) electrons. The van der Waals surface area contributed by atoms with E-state index in [4.69, 9.17) is 0 Å². The highest BCUT2D eigenvalue weighted by Crippen LogP contribution is 2.25. The third kappa shape index (κ3) is 4.39. The van der Waals surface area contributed by atoms with E-state index in [0.29, 0.717) is 30.6 Å². The lowest BCUT2D eigenvalue weighted by atomic mass is 9.98. The predicted octanol–water partition coefficient (Wildman–Crippen LogP) is 3.17. The van der Waals surface area contributed by atoms with Crippen molar-refractivity contribution in [1.82, 2.24) is 10.6 Å². The quantitative estimate of drug-likeness (QED) is 0.743. The average molecular weight is 383 g/mol. The maximum atomic E-state index is 14.8. The highest BCUT2D eigenvalue weighted by Gasteiger charge is 2.26. The molecule has 0 spiro atoms. The summed E-state index contributed by atoms with van der Waals surface area (Å²) in [5, 5.41) is 8.64. The van der Waals surface area contributed by atoms with Crippen LogP contribution in [-0.4, -0.2) is 24.4 Å². The number of aryl methyl sites for hydroxylation is 1. The Labute approximate surface area is 164 Å². The third-order valence-electron chi connectivity index (χ3n) is 4.98. The fraction of sp³-hybridized carbons (Fsp3) is 0.364. The van der Waals surface area contributed by atoms with Gasteiger partial charge in [0.05, 0.1) is 5.69 Å². The van der Waals surface area contributed by atoms with Crippen molar-refractivity contribution in [3.8, 4) is 0 Å². The summed E-state index contributed by atoms with van der Waals surface area (Å²) >= 11 is 0. The Balaban J connectivity index is 1.76. The number of rotatable bonds is 5. The smallest absolute Gasteiger partial charge is 0.251 e. The van der Waals surface area contributed by atoms with Gasteiger partial charge in [-0.2, -0.15) is 0 Å². The normalized spacial score (nSPS) is 14.3. The van der Waals surface area contributed by atoms with Crippen LogP contribution in [0.4, 0.5) is 10.1 Å². The van der Waals surface area contributed by atoms with Crippen LogP contribution in [0.25, 0.3) is 0 Å². The molecule has 6 heteroatoms. The molecule has 0 saturated carbocycles.